The summed E-state index contributed by atoms with van der Waals surface area (Å²) in [5.74, 6) is 0.835. The van der Waals surface area contributed by atoms with Gasteiger partial charge in [0.05, 0.1) is 29.9 Å². The SMILES string of the molecule is COc1ccc(N2C(=O)N[C@@H](CCC(=O)N[C@@H](c3nc4ccccc4[nH]3)C(C)C)C2=O)cc1. The third-order valence-corrected chi connectivity index (χ3v) is 5.70. The number of carbonyl (C=O) groups excluding carboxylic acids is 3. The molecule has 1 aromatic heterocycles. The van der Waals surface area contributed by atoms with Crippen molar-refractivity contribution in [2.24, 2.45) is 5.92 Å². The molecule has 4 amide bonds. The summed E-state index contributed by atoms with van der Waals surface area (Å²) in [6.07, 6.45) is 0.296. The fraction of sp³-hybridized carbons (Fsp3) is 0.333. The van der Waals surface area contributed by atoms with E-state index < -0.39 is 12.1 Å². The van der Waals surface area contributed by atoms with Gasteiger partial charge in [0.25, 0.3) is 5.91 Å². The lowest BCUT2D eigenvalue weighted by Gasteiger charge is -2.20. The number of aromatic nitrogens is 2. The number of H-pyrrole nitrogens is 1. The van der Waals surface area contributed by atoms with Crippen molar-refractivity contribution < 1.29 is 19.1 Å². The Balaban J connectivity index is 1.38. The number of methoxy groups -OCH3 is 1. The van der Waals surface area contributed by atoms with Gasteiger partial charge in [0.15, 0.2) is 0 Å². The van der Waals surface area contributed by atoms with Gasteiger partial charge in [-0.05, 0) is 48.7 Å². The molecule has 3 aromatic rings. The zero-order chi connectivity index (χ0) is 23.5. The molecule has 2 heterocycles. The van der Waals surface area contributed by atoms with Gasteiger partial charge in [-0.25, -0.2) is 14.7 Å². The summed E-state index contributed by atoms with van der Waals surface area (Å²) in [6.45, 7) is 4.01. The first-order chi connectivity index (χ1) is 15.9. The number of para-hydroxylation sites is 2. The molecule has 0 aliphatic carbocycles. The van der Waals surface area contributed by atoms with Gasteiger partial charge >= 0.3 is 6.03 Å². The number of carbonyl (C=O) groups is 3. The number of anilines is 1. The van der Waals surface area contributed by atoms with Crippen molar-refractivity contribution in [3.8, 4) is 5.75 Å². The van der Waals surface area contributed by atoms with E-state index in [2.05, 4.69) is 20.6 Å². The number of urea groups is 1. The predicted octanol–water partition coefficient (Wildman–Crippen LogP) is 3.29. The highest BCUT2D eigenvalue weighted by atomic mass is 16.5. The van der Waals surface area contributed by atoms with Crippen LogP contribution in [0.3, 0.4) is 0 Å². The van der Waals surface area contributed by atoms with E-state index in [1.54, 1.807) is 31.4 Å². The summed E-state index contributed by atoms with van der Waals surface area (Å²) in [6, 6.07) is 12.8. The summed E-state index contributed by atoms with van der Waals surface area (Å²) in [5, 5.41) is 5.68. The minimum Gasteiger partial charge on any atom is -0.497 e. The number of ether oxygens (including phenoxy) is 1. The second-order valence-electron chi connectivity index (χ2n) is 8.34. The zero-order valence-corrected chi connectivity index (χ0v) is 18.8. The highest BCUT2D eigenvalue weighted by molar-refractivity contribution is 6.21. The summed E-state index contributed by atoms with van der Waals surface area (Å²) in [5.41, 5.74) is 2.20. The average Bonchev–Trinajstić information content (AvgIpc) is 3.36. The van der Waals surface area contributed by atoms with E-state index in [-0.39, 0.29) is 36.6 Å². The maximum atomic E-state index is 12.8. The summed E-state index contributed by atoms with van der Waals surface area (Å²) >= 11 is 0. The van der Waals surface area contributed by atoms with E-state index in [9.17, 15) is 14.4 Å². The van der Waals surface area contributed by atoms with Gasteiger partial charge in [-0.3, -0.25) is 9.59 Å². The quantitative estimate of drug-likeness (QED) is 0.456. The highest BCUT2D eigenvalue weighted by Crippen LogP contribution is 2.25. The Bertz CT molecular complexity index is 1140. The molecule has 3 N–H and O–H groups in total. The highest BCUT2D eigenvalue weighted by Gasteiger charge is 2.39. The van der Waals surface area contributed by atoms with Crippen LogP contribution in [0.4, 0.5) is 10.5 Å². The molecule has 4 rings (SSSR count). The molecule has 0 bridgehead atoms. The first kappa shape index (κ1) is 22.3. The van der Waals surface area contributed by atoms with E-state index in [1.807, 2.05) is 38.1 Å². The van der Waals surface area contributed by atoms with Gasteiger partial charge in [0.2, 0.25) is 5.91 Å². The maximum Gasteiger partial charge on any atom is 0.329 e. The third-order valence-electron chi connectivity index (χ3n) is 5.70. The number of rotatable bonds is 8. The number of hydrogen-bond donors (Lipinski definition) is 3. The van der Waals surface area contributed by atoms with E-state index in [0.717, 1.165) is 15.9 Å². The molecule has 172 valence electrons. The van der Waals surface area contributed by atoms with Crippen LogP contribution in [0, 0.1) is 5.92 Å². The van der Waals surface area contributed by atoms with Crippen molar-refractivity contribution >= 4 is 34.6 Å². The van der Waals surface area contributed by atoms with Gasteiger partial charge < -0.3 is 20.4 Å². The second kappa shape index (κ2) is 9.32. The molecule has 1 aliphatic rings. The molecule has 0 saturated carbocycles. The van der Waals surface area contributed by atoms with Crippen molar-refractivity contribution in [3.05, 3.63) is 54.4 Å². The summed E-state index contributed by atoms with van der Waals surface area (Å²) in [7, 11) is 1.54. The Labute approximate surface area is 191 Å². The Morgan fingerprint density at radius 3 is 2.55 bits per heavy atom. The van der Waals surface area contributed by atoms with Crippen molar-refractivity contribution in [2.75, 3.05) is 12.0 Å². The molecular weight excluding hydrogens is 422 g/mol. The summed E-state index contributed by atoms with van der Waals surface area (Å²) < 4.78 is 5.11. The van der Waals surface area contributed by atoms with Gasteiger partial charge in [-0.2, -0.15) is 0 Å². The van der Waals surface area contributed by atoms with Gasteiger partial charge in [0.1, 0.15) is 17.6 Å². The fourth-order valence-electron chi connectivity index (χ4n) is 3.89. The Hall–Kier alpha value is -3.88. The largest absolute Gasteiger partial charge is 0.497 e. The van der Waals surface area contributed by atoms with Crippen LogP contribution in [-0.2, 0) is 9.59 Å². The molecule has 1 fully saturated rings. The normalized spacial score (nSPS) is 16.8. The molecule has 9 heteroatoms. The van der Waals surface area contributed by atoms with Crippen LogP contribution in [0.25, 0.3) is 11.0 Å². The van der Waals surface area contributed by atoms with Crippen molar-refractivity contribution in [3.63, 3.8) is 0 Å². The Morgan fingerprint density at radius 2 is 1.88 bits per heavy atom. The topological polar surface area (TPSA) is 116 Å². The van der Waals surface area contributed by atoms with Crippen LogP contribution in [-0.4, -0.2) is 41.0 Å². The van der Waals surface area contributed by atoms with Gasteiger partial charge in [0, 0.05) is 6.42 Å². The number of nitrogens with one attached hydrogen (secondary N) is 3. The Morgan fingerprint density at radius 1 is 1.15 bits per heavy atom. The number of nitrogens with zero attached hydrogens (tertiary/aromatic N) is 2. The smallest absolute Gasteiger partial charge is 0.329 e. The number of benzene rings is 2. The molecule has 33 heavy (non-hydrogen) atoms. The van der Waals surface area contributed by atoms with Crippen LogP contribution < -0.4 is 20.3 Å². The molecule has 0 radical (unpaired) electrons. The van der Waals surface area contributed by atoms with E-state index in [0.29, 0.717) is 17.3 Å². The zero-order valence-electron chi connectivity index (χ0n) is 18.8. The van der Waals surface area contributed by atoms with Crippen molar-refractivity contribution in [1.29, 1.82) is 0 Å². The van der Waals surface area contributed by atoms with E-state index in [1.165, 1.54) is 0 Å². The fourth-order valence-corrected chi connectivity index (χ4v) is 3.89. The predicted molar refractivity (Wildman–Crippen MR) is 124 cm³/mol. The average molecular weight is 450 g/mol. The molecule has 1 aliphatic heterocycles. The number of amides is 4. The first-order valence-electron chi connectivity index (χ1n) is 10.9. The monoisotopic (exact) mass is 449 g/mol. The number of fused-ring (bicyclic) bond motifs is 1. The number of aromatic amines is 1. The van der Waals surface area contributed by atoms with Crippen LogP contribution in [0.2, 0.25) is 0 Å². The van der Waals surface area contributed by atoms with E-state index >= 15 is 0 Å². The van der Waals surface area contributed by atoms with Crippen LogP contribution in [0.15, 0.2) is 48.5 Å². The summed E-state index contributed by atoms with van der Waals surface area (Å²) in [4.78, 5) is 46.9. The molecule has 0 spiro atoms. The molecule has 1 saturated heterocycles. The van der Waals surface area contributed by atoms with Crippen LogP contribution in [0.1, 0.15) is 38.6 Å². The lowest BCUT2D eigenvalue weighted by molar-refractivity contribution is -0.122. The maximum absolute atomic E-state index is 12.8. The first-order valence-corrected chi connectivity index (χ1v) is 10.9. The minimum atomic E-state index is -0.756. The van der Waals surface area contributed by atoms with Crippen molar-refractivity contribution in [1.82, 2.24) is 20.6 Å². The lowest BCUT2D eigenvalue weighted by Crippen LogP contribution is -2.35. The van der Waals surface area contributed by atoms with E-state index in [4.69, 9.17) is 4.74 Å². The Kier molecular flexibility index (Phi) is 6.30. The van der Waals surface area contributed by atoms with Crippen LogP contribution in [0.5, 0.6) is 5.75 Å². The standard InChI is InChI=1S/C24H27N5O4/c1-14(2)21(22-25-17-6-4-5-7-18(17)26-22)28-20(30)13-12-19-23(31)29(24(32)27-19)15-8-10-16(33-3)11-9-15/h4-11,14,19,21H,12-13H2,1-3H3,(H,25,26)(H,27,32)(H,28,30)/t19-,21+/m0/s1. The lowest BCUT2D eigenvalue weighted by atomic mass is 10.0. The molecule has 9 nitrogen and oxygen atoms in total. The number of imidazole rings is 1. The van der Waals surface area contributed by atoms with Crippen molar-refractivity contribution in [2.45, 2.75) is 38.8 Å². The molecular formula is C24H27N5O4. The second-order valence-corrected chi connectivity index (χ2v) is 8.34. The van der Waals surface area contributed by atoms with Crippen LogP contribution >= 0.6 is 0 Å². The van der Waals surface area contributed by atoms with Gasteiger partial charge in [-0.15, -0.1) is 0 Å². The third kappa shape index (κ3) is 4.67. The molecule has 0 unspecified atom stereocenters. The molecule has 2 aromatic carbocycles. The molecule has 2 atom stereocenters. The number of imide groups is 1. The number of hydrogen-bond acceptors (Lipinski definition) is 5. The minimum absolute atomic E-state index is 0.0938. The van der Waals surface area contributed by atoms with Gasteiger partial charge in [-0.1, -0.05) is 26.0 Å².